The lowest BCUT2D eigenvalue weighted by atomic mass is 10.0. The van der Waals surface area contributed by atoms with Gasteiger partial charge in [-0.15, -0.1) is 0 Å². The second-order valence-corrected chi connectivity index (χ2v) is 6.13. The van der Waals surface area contributed by atoms with E-state index in [0.717, 1.165) is 5.56 Å². The molecule has 132 valence electrons. The number of amides is 3. The van der Waals surface area contributed by atoms with E-state index in [0.29, 0.717) is 11.4 Å². The van der Waals surface area contributed by atoms with E-state index in [4.69, 9.17) is 0 Å². The lowest BCUT2D eigenvalue weighted by Crippen LogP contribution is -2.48. The van der Waals surface area contributed by atoms with E-state index < -0.39 is 23.8 Å². The lowest BCUT2D eigenvalue weighted by molar-refractivity contribution is -0.118. The fourth-order valence-electron chi connectivity index (χ4n) is 2.30. The minimum atomic E-state index is -0.758. The Balaban J connectivity index is 2.05. The van der Waals surface area contributed by atoms with Gasteiger partial charge in [0.05, 0.1) is 0 Å². The summed E-state index contributed by atoms with van der Waals surface area (Å²) in [5.74, 6) is -0.973. The first kappa shape index (κ1) is 18.4. The van der Waals surface area contributed by atoms with E-state index in [1.165, 1.54) is 12.1 Å². The number of aryl methyl sites for hydroxylation is 1. The van der Waals surface area contributed by atoms with Gasteiger partial charge in [-0.05, 0) is 42.7 Å². The number of anilines is 2. The van der Waals surface area contributed by atoms with Gasteiger partial charge in [0.2, 0.25) is 5.91 Å². The molecule has 0 heterocycles. The zero-order valence-electron chi connectivity index (χ0n) is 14.5. The summed E-state index contributed by atoms with van der Waals surface area (Å²) in [6.45, 7) is 5.42. The van der Waals surface area contributed by atoms with Crippen molar-refractivity contribution in [3.8, 4) is 0 Å². The van der Waals surface area contributed by atoms with E-state index >= 15 is 0 Å². The summed E-state index contributed by atoms with van der Waals surface area (Å²) in [6.07, 6.45) is 0. The predicted octanol–water partition coefficient (Wildman–Crippen LogP) is 3.92. The number of urea groups is 1. The SMILES string of the molecule is Cc1ccc(F)cc1NC(=O)C(NC(=O)Nc1ccccc1)C(C)C. The molecule has 0 aliphatic rings. The Bertz CT molecular complexity index is 748. The number of benzene rings is 2. The summed E-state index contributed by atoms with van der Waals surface area (Å²) in [6, 6.07) is 11.9. The van der Waals surface area contributed by atoms with Crippen LogP contribution in [0.1, 0.15) is 19.4 Å². The average molecular weight is 343 g/mol. The van der Waals surface area contributed by atoms with Gasteiger partial charge in [0.25, 0.3) is 0 Å². The molecule has 3 amide bonds. The summed E-state index contributed by atoms with van der Waals surface area (Å²) >= 11 is 0. The topological polar surface area (TPSA) is 70.2 Å². The molecule has 25 heavy (non-hydrogen) atoms. The van der Waals surface area contributed by atoms with Crippen molar-refractivity contribution in [3.63, 3.8) is 0 Å². The zero-order valence-corrected chi connectivity index (χ0v) is 14.5. The first-order valence-corrected chi connectivity index (χ1v) is 8.06. The van der Waals surface area contributed by atoms with E-state index in [2.05, 4.69) is 16.0 Å². The monoisotopic (exact) mass is 343 g/mol. The molecule has 2 aromatic rings. The smallest absolute Gasteiger partial charge is 0.319 e. The van der Waals surface area contributed by atoms with Crippen molar-refractivity contribution in [2.75, 3.05) is 10.6 Å². The molecular formula is C19H22FN3O2. The van der Waals surface area contributed by atoms with Crippen molar-refractivity contribution in [1.29, 1.82) is 0 Å². The number of hydrogen-bond acceptors (Lipinski definition) is 2. The predicted molar refractivity (Wildman–Crippen MR) is 97.0 cm³/mol. The van der Waals surface area contributed by atoms with Gasteiger partial charge in [-0.25, -0.2) is 9.18 Å². The molecule has 0 spiro atoms. The van der Waals surface area contributed by atoms with Crippen molar-refractivity contribution in [2.24, 2.45) is 5.92 Å². The Morgan fingerprint density at radius 2 is 1.68 bits per heavy atom. The molecule has 0 bridgehead atoms. The van der Waals surface area contributed by atoms with Crippen LogP contribution in [-0.4, -0.2) is 18.0 Å². The number of halogens is 1. The molecule has 0 fully saturated rings. The second-order valence-electron chi connectivity index (χ2n) is 6.13. The van der Waals surface area contributed by atoms with Gasteiger partial charge in [0.15, 0.2) is 0 Å². The van der Waals surface area contributed by atoms with Gasteiger partial charge in [-0.1, -0.05) is 38.1 Å². The Hall–Kier alpha value is -2.89. The number of carbonyl (C=O) groups excluding carboxylic acids is 2. The number of carbonyl (C=O) groups is 2. The quantitative estimate of drug-likeness (QED) is 0.770. The fourth-order valence-corrected chi connectivity index (χ4v) is 2.30. The third-order valence-corrected chi connectivity index (χ3v) is 3.72. The Kier molecular flexibility index (Phi) is 6.11. The van der Waals surface area contributed by atoms with Crippen molar-refractivity contribution in [2.45, 2.75) is 26.8 Å². The van der Waals surface area contributed by atoms with E-state index in [1.54, 1.807) is 37.3 Å². The van der Waals surface area contributed by atoms with Crippen molar-refractivity contribution < 1.29 is 14.0 Å². The van der Waals surface area contributed by atoms with Crippen LogP contribution in [0.4, 0.5) is 20.6 Å². The highest BCUT2D eigenvalue weighted by Gasteiger charge is 2.24. The molecule has 0 aliphatic carbocycles. The number of para-hydroxylation sites is 1. The van der Waals surface area contributed by atoms with Crippen LogP contribution in [0.2, 0.25) is 0 Å². The molecule has 1 unspecified atom stereocenters. The standard InChI is InChI=1S/C19H22FN3O2/c1-12(2)17(23-19(25)21-15-7-5-4-6-8-15)18(24)22-16-11-14(20)10-9-13(16)3/h4-12,17H,1-3H3,(H,22,24)(H2,21,23,25). The molecule has 0 aliphatic heterocycles. The van der Waals surface area contributed by atoms with Gasteiger partial charge < -0.3 is 16.0 Å². The van der Waals surface area contributed by atoms with Gasteiger partial charge in [-0.2, -0.15) is 0 Å². The van der Waals surface area contributed by atoms with Crippen LogP contribution in [0.3, 0.4) is 0 Å². The summed E-state index contributed by atoms with van der Waals surface area (Å²) in [4.78, 5) is 24.7. The van der Waals surface area contributed by atoms with Crippen LogP contribution in [0.25, 0.3) is 0 Å². The van der Waals surface area contributed by atoms with Gasteiger partial charge in [0.1, 0.15) is 11.9 Å². The lowest BCUT2D eigenvalue weighted by Gasteiger charge is -2.22. The van der Waals surface area contributed by atoms with Gasteiger partial charge in [-0.3, -0.25) is 4.79 Å². The molecular weight excluding hydrogens is 321 g/mol. The van der Waals surface area contributed by atoms with E-state index in [9.17, 15) is 14.0 Å². The summed E-state index contributed by atoms with van der Waals surface area (Å²) < 4.78 is 13.4. The highest BCUT2D eigenvalue weighted by molar-refractivity contribution is 5.99. The number of rotatable bonds is 5. The third-order valence-electron chi connectivity index (χ3n) is 3.72. The normalized spacial score (nSPS) is 11.7. The zero-order chi connectivity index (χ0) is 18.4. The van der Waals surface area contributed by atoms with Gasteiger partial charge in [0, 0.05) is 11.4 Å². The van der Waals surface area contributed by atoms with E-state index in [1.807, 2.05) is 19.9 Å². The van der Waals surface area contributed by atoms with Crippen LogP contribution < -0.4 is 16.0 Å². The van der Waals surface area contributed by atoms with E-state index in [-0.39, 0.29) is 5.92 Å². The number of nitrogens with one attached hydrogen (secondary N) is 3. The summed E-state index contributed by atoms with van der Waals surface area (Å²) in [7, 11) is 0. The molecule has 2 rings (SSSR count). The van der Waals surface area contributed by atoms with Crippen LogP contribution in [-0.2, 0) is 4.79 Å². The molecule has 6 heteroatoms. The minimum absolute atomic E-state index is 0.143. The first-order valence-electron chi connectivity index (χ1n) is 8.06. The van der Waals surface area contributed by atoms with Crippen molar-refractivity contribution in [1.82, 2.24) is 5.32 Å². The molecule has 0 radical (unpaired) electrons. The second kappa shape index (κ2) is 8.28. The van der Waals surface area contributed by atoms with Crippen LogP contribution in [0, 0.1) is 18.7 Å². The van der Waals surface area contributed by atoms with Crippen LogP contribution >= 0.6 is 0 Å². The van der Waals surface area contributed by atoms with Crippen LogP contribution in [0.15, 0.2) is 48.5 Å². The molecule has 2 aromatic carbocycles. The number of hydrogen-bond donors (Lipinski definition) is 3. The molecule has 0 aromatic heterocycles. The maximum atomic E-state index is 13.4. The maximum Gasteiger partial charge on any atom is 0.319 e. The highest BCUT2D eigenvalue weighted by atomic mass is 19.1. The Labute approximate surface area is 146 Å². The largest absolute Gasteiger partial charge is 0.326 e. The third kappa shape index (κ3) is 5.31. The minimum Gasteiger partial charge on any atom is -0.326 e. The van der Waals surface area contributed by atoms with Crippen molar-refractivity contribution >= 4 is 23.3 Å². The molecule has 1 atom stereocenters. The molecule has 0 saturated heterocycles. The fraction of sp³-hybridized carbons (Fsp3) is 0.263. The van der Waals surface area contributed by atoms with Crippen LogP contribution in [0.5, 0.6) is 0 Å². The van der Waals surface area contributed by atoms with Crippen molar-refractivity contribution in [3.05, 3.63) is 59.9 Å². The molecule has 0 saturated carbocycles. The summed E-state index contributed by atoms with van der Waals surface area (Å²) in [5, 5.41) is 8.02. The average Bonchev–Trinajstić information content (AvgIpc) is 2.56. The summed E-state index contributed by atoms with van der Waals surface area (Å²) in [5.41, 5.74) is 1.76. The molecule has 5 nitrogen and oxygen atoms in total. The van der Waals surface area contributed by atoms with Gasteiger partial charge >= 0.3 is 6.03 Å². The molecule has 3 N–H and O–H groups in total. The maximum absolute atomic E-state index is 13.4. The first-order chi connectivity index (χ1) is 11.9. The Morgan fingerprint density at radius 1 is 1.00 bits per heavy atom. The highest BCUT2D eigenvalue weighted by Crippen LogP contribution is 2.17. The Morgan fingerprint density at radius 3 is 2.32 bits per heavy atom.